The SMILES string of the molecule is CC/C=C\C/C=C\C/C=C\C/C=C\C/C=C\C/C=C\C/C=C\C/C=C\C/C=C\C/C=C\CCCCC(=O)OC(CO)COC(=O)CCCCCCCCCCCCCCCCCCCCCCCC/C=C\C/C=C\C/C=C\CCCCCCC. The molecule has 5 heteroatoms. The van der Waals surface area contributed by atoms with E-state index < -0.39 is 6.10 Å². The highest BCUT2D eigenvalue weighted by molar-refractivity contribution is 5.70. The lowest BCUT2D eigenvalue weighted by Gasteiger charge is -2.15. The van der Waals surface area contributed by atoms with Gasteiger partial charge in [-0.1, -0.05) is 326 Å². The largest absolute Gasteiger partial charge is 0.462 e. The number of unbranched alkanes of at least 4 members (excludes halogenated alkanes) is 29. The Labute approximate surface area is 520 Å². The molecule has 0 aliphatic rings. The van der Waals surface area contributed by atoms with Gasteiger partial charge in [0.15, 0.2) is 6.10 Å². The predicted molar refractivity (Wildman–Crippen MR) is 370 cm³/mol. The van der Waals surface area contributed by atoms with Gasteiger partial charge in [0.1, 0.15) is 6.61 Å². The Kier molecular flexibility index (Phi) is 68.9. The number of allylic oxidation sites excluding steroid dienone is 26. The monoisotopic (exact) mass is 1160 g/mol. The summed E-state index contributed by atoms with van der Waals surface area (Å²) in [6.45, 7) is 3.99. The first-order chi connectivity index (χ1) is 41.6. The molecule has 0 spiro atoms. The lowest BCUT2D eigenvalue weighted by atomic mass is 10.0. The summed E-state index contributed by atoms with van der Waals surface area (Å²) < 4.78 is 10.7. The Hall–Kier alpha value is -4.48. The molecule has 476 valence electrons. The van der Waals surface area contributed by atoms with Gasteiger partial charge in [0.2, 0.25) is 0 Å². The molecule has 0 aromatic heterocycles. The zero-order valence-corrected chi connectivity index (χ0v) is 54.6. The molecule has 84 heavy (non-hydrogen) atoms. The van der Waals surface area contributed by atoms with Gasteiger partial charge in [0, 0.05) is 12.8 Å². The van der Waals surface area contributed by atoms with Crippen LogP contribution >= 0.6 is 0 Å². The smallest absolute Gasteiger partial charge is 0.306 e. The molecule has 0 rings (SSSR count). The number of aliphatic hydroxyl groups is 1. The van der Waals surface area contributed by atoms with E-state index in [1.54, 1.807) is 0 Å². The summed E-state index contributed by atoms with van der Waals surface area (Å²) in [5, 5.41) is 9.69. The van der Waals surface area contributed by atoms with Crippen LogP contribution in [0.15, 0.2) is 158 Å². The Morgan fingerprint density at radius 1 is 0.286 bits per heavy atom. The second-order valence-corrected chi connectivity index (χ2v) is 22.9. The van der Waals surface area contributed by atoms with Gasteiger partial charge in [0.25, 0.3) is 0 Å². The average Bonchev–Trinajstić information content (AvgIpc) is 3.51. The van der Waals surface area contributed by atoms with Crippen LogP contribution in [0, 0.1) is 0 Å². The summed E-state index contributed by atoms with van der Waals surface area (Å²) in [7, 11) is 0. The maximum absolute atomic E-state index is 12.3. The highest BCUT2D eigenvalue weighted by atomic mass is 16.6. The Balaban J connectivity index is 3.56. The Morgan fingerprint density at radius 3 is 0.798 bits per heavy atom. The van der Waals surface area contributed by atoms with E-state index in [9.17, 15) is 14.7 Å². The van der Waals surface area contributed by atoms with Crippen LogP contribution in [-0.4, -0.2) is 36.4 Å². The minimum atomic E-state index is -0.807. The van der Waals surface area contributed by atoms with Crippen LogP contribution < -0.4 is 0 Å². The van der Waals surface area contributed by atoms with Gasteiger partial charge in [-0.3, -0.25) is 9.59 Å². The molecule has 0 radical (unpaired) electrons. The molecule has 1 N–H and O–H groups in total. The van der Waals surface area contributed by atoms with Crippen LogP contribution in [-0.2, 0) is 19.1 Å². The van der Waals surface area contributed by atoms with Crippen molar-refractivity contribution in [1.82, 2.24) is 0 Å². The fraction of sp³-hybridized carbons (Fsp3) is 0.646. The van der Waals surface area contributed by atoms with Crippen molar-refractivity contribution in [1.29, 1.82) is 0 Å². The molecular weight excluding hydrogens is 1030 g/mol. The quantitative estimate of drug-likeness (QED) is 0.0373. The molecule has 0 aromatic rings. The normalized spacial score (nSPS) is 13.2. The van der Waals surface area contributed by atoms with E-state index in [1.165, 1.54) is 167 Å². The van der Waals surface area contributed by atoms with Gasteiger partial charge in [-0.05, 0) is 128 Å². The van der Waals surface area contributed by atoms with Crippen molar-refractivity contribution in [2.24, 2.45) is 0 Å². The van der Waals surface area contributed by atoms with Crippen molar-refractivity contribution in [3.8, 4) is 0 Å². The first kappa shape index (κ1) is 79.5. The second-order valence-electron chi connectivity index (χ2n) is 22.9. The van der Waals surface area contributed by atoms with Gasteiger partial charge in [0.05, 0.1) is 6.61 Å². The predicted octanol–water partition coefficient (Wildman–Crippen LogP) is 24.6. The van der Waals surface area contributed by atoms with Crippen molar-refractivity contribution in [3.63, 3.8) is 0 Å². The van der Waals surface area contributed by atoms with E-state index in [1.807, 2.05) is 0 Å². The first-order valence-electron chi connectivity index (χ1n) is 35.0. The third-order valence-corrected chi connectivity index (χ3v) is 14.8. The number of aliphatic hydroxyl groups excluding tert-OH is 1. The lowest BCUT2D eigenvalue weighted by molar-refractivity contribution is -0.161. The first-order valence-corrected chi connectivity index (χ1v) is 35.0. The number of hydrogen-bond donors (Lipinski definition) is 1. The van der Waals surface area contributed by atoms with Crippen LogP contribution in [0.3, 0.4) is 0 Å². The van der Waals surface area contributed by atoms with Crippen LogP contribution in [0.1, 0.15) is 309 Å². The molecule has 0 aliphatic heterocycles. The molecule has 0 saturated heterocycles. The lowest BCUT2D eigenvalue weighted by Crippen LogP contribution is -2.28. The average molecular weight is 1160 g/mol. The molecule has 1 unspecified atom stereocenters. The maximum atomic E-state index is 12.3. The summed E-state index contributed by atoms with van der Waals surface area (Å²) >= 11 is 0. The molecule has 0 bridgehead atoms. The van der Waals surface area contributed by atoms with Crippen molar-refractivity contribution in [2.75, 3.05) is 13.2 Å². The summed E-state index contributed by atoms with van der Waals surface area (Å²) in [5.74, 6) is -0.642. The maximum Gasteiger partial charge on any atom is 0.306 e. The molecule has 0 heterocycles. The number of carbonyl (C=O) groups is 2. The van der Waals surface area contributed by atoms with Gasteiger partial charge in [-0.2, -0.15) is 0 Å². The molecule has 5 nitrogen and oxygen atoms in total. The highest BCUT2D eigenvalue weighted by Gasteiger charge is 2.16. The molecule has 0 aliphatic carbocycles. The molecule has 0 fully saturated rings. The van der Waals surface area contributed by atoms with E-state index >= 15 is 0 Å². The minimum Gasteiger partial charge on any atom is -0.462 e. The standard InChI is InChI=1S/C79H130O5/c1-3-5-7-9-11-13-15-17-19-21-23-25-27-29-31-33-35-37-38-39-40-42-43-45-47-49-51-53-55-57-59-61-63-65-67-69-71-73-78(81)83-76-77(75-80)84-79(82)74-72-70-68-66-64-62-60-58-56-54-52-50-48-46-44-41-36-34-32-30-28-26-24-22-20-18-16-14-12-10-8-6-4-2/h6,8,12,14-15,17-18,20-21,23-24,26-27,29-30,32,36,41,46,48,52,54,58,60,64,66,77,80H,3-5,7,9-11,13,16,19,22,25,28,31,33-35,37-40,42-45,47,49-51,53,55-57,59,61-63,65,67-76H2,1-2H3/b8-6-,14-12-,17-15-,20-18-,23-21-,26-24-,29-27-,32-30-,41-36-,48-46-,54-52-,60-58-,66-64-. The van der Waals surface area contributed by atoms with Gasteiger partial charge >= 0.3 is 11.9 Å². The van der Waals surface area contributed by atoms with E-state index in [-0.39, 0.29) is 25.2 Å². The van der Waals surface area contributed by atoms with Crippen LogP contribution in [0.5, 0.6) is 0 Å². The number of ether oxygens (including phenoxy) is 2. The van der Waals surface area contributed by atoms with Crippen molar-refractivity contribution in [3.05, 3.63) is 158 Å². The summed E-state index contributed by atoms with van der Waals surface area (Å²) in [4.78, 5) is 24.6. The molecule has 1 atom stereocenters. The van der Waals surface area contributed by atoms with Gasteiger partial charge in [-0.25, -0.2) is 0 Å². The molecule has 0 aromatic carbocycles. The second kappa shape index (κ2) is 72.8. The molecular formula is C79H130O5. The molecule has 0 amide bonds. The zero-order valence-electron chi connectivity index (χ0n) is 54.6. The third kappa shape index (κ3) is 70.0. The number of rotatable bonds is 63. The third-order valence-electron chi connectivity index (χ3n) is 14.8. The number of hydrogen-bond acceptors (Lipinski definition) is 5. The van der Waals surface area contributed by atoms with E-state index in [0.29, 0.717) is 12.8 Å². The van der Waals surface area contributed by atoms with Gasteiger partial charge < -0.3 is 14.6 Å². The number of carbonyl (C=O) groups excluding carboxylic acids is 2. The minimum absolute atomic E-state index is 0.0908. The van der Waals surface area contributed by atoms with E-state index in [0.717, 1.165) is 116 Å². The van der Waals surface area contributed by atoms with Crippen molar-refractivity contribution in [2.45, 2.75) is 315 Å². The van der Waals surface area contributed by atoms with Crippen LogP contribution in [0.2, 0.25) is 0 Å². The van der Waals surface area contributed by atoms with Crippen molar-refractivity contribution < 1.29 is 24.2 Å². The Bertz CT molecular complexity index is 1790. The van der Waals surface area contributed by atoms with E-state index in [4.69, 9.17) is 9.47 Å². The van der Waals surface area contributed by atoms with Crippen LogP contribution in [0.4, 0.5) is 0 Å². The zero-order chi connectivity index (χ0) is 60.5. The summed E-state index contributed by atoms with van der Waals surface area (Å²) in [5.41, 5.74) is 0. The fourth-order valence-corrected chi connectivity index (χ4v) is 9.59. The Morgan fingerprint density at radius 2 is 0.512 bits per heavy atom. The number of esters is 2. The highest BCUT2D eigenvalue weighted by Crippen LogP contribution is 2.17. The topological polar surface area (TPSA) is 72.8 Å². The van der Waals surface area contributed by atoms with Crippen LogP contribution in [0.25, 0.3) is 0 Å². The van der Waals surface area contributed by atoms with Crippen molar-refractivity contribution >= 4 is 11.9 Å². The summed E-state index contributed by atoms with van der Waals surface area (Å²) in [6, 6.07) is 0. The fourth-order valence-electron chi connectivity index (χ4n) is 9.59. The molecule has 0 saturated carbocycles. The van der Waals surface area contributed by atoms with Gasteiger partial charge in [-0.15, -0.1) is 0 Å². The van der Waals surface area contributed by atoms with E-state index in [2.05, 4.69) is 172 Å². The summed E-state index contributed by atoms with van der Waals surface area (Å²) in [6.07, 6.45) is 111.